The van der Waals surface area contributed by atoms with Crippen molar-refractivity contribution in [2.24, 2.45) is 4.99 Å². The summed E-state index contributed by atoms with van der Waals surface area (Å²) in [6, 6.07) is 0. The van der Waals surface area contributed by atoms with Gasteiger partial charge in [0, 0.05) is 13.0 Å². The summed E-state index contributed by atoms with van der Waals surface area (Å²) in [6.07, 6.45) is 2.40. The normalized spacial score (nSPS) is 40.1. The predicted molar refractivity (Wildman–Crippen MR) is 65.5 cm³/mol. The van der Waals surface area contributed by atoms with E-state index in [0.717, 1.165) is 12.8 Å². The first kappa shape index (κ1) is 12.8. The van der Waals surface area contributed by atoms with Gasteiger partial charge in [0.05, 0.1) is 6.10 Å². The lowest BCUT2D eigenvalue weighted by Gasteiger charge is -2.48. The average Bonchev–Trinajstić information content (AvgIpc) is 2.24. The van der Waals surface area contributed by atoms with Crippen LogP contribution in [0.1, 0.15) is 40.0 Å². The van der Waals surface area contributed by atoms with Crippen LogP contribution >= 0.6 is 11.6 Å². The highest BCUT2D eigenvalue weighted by Gasteiger charge is 2.60. The van der Waals surface area contributed by atoms with Gasteiger partial charge in [0.25, 0.3) is 0 Å². The first-order chi connectivity index (χ1) is 7.92. The lowest BCUT2D eigenvalue weighted by Crippen LogP contribution is -2.64. The number of aliphatic imine (C=N–C) groups is 1. The van der Waals surface area contributed by atoms with Crippen molar-refractivity contribution >= 4 is 22.7 Å². The van der Waals surface area contributed by atoms with E-state index in [2.05, 4.69) is 11.9 Å². The molecule has 3 aliphatic heterocycles. The second-order valence-corrected chi connectivity index (χ2v) is 5.45. The molecule has 0 unspecified atom stereocenters. The largest absolute Gasteiger partial charge is 0.450 e. The van der Waals surface area contributed by atoms with Gasteiger partial charge in [-0.25, -0.2) is 4.79 Å². The molecule has 0 aromatic heterocycles. The number of esters is 1. The summed E-state index contributed by atoms with van der Waals surface area (Å²) in [5.74, 6) is -0.336. The minimum absolute atomic E-state index is 0.234. The third-order valence-corrected chi connectivity index (χ3v) is 4.00. The van der Waals surface area contributed by atoms with Gasteiger partial charge in [-0.3, -0.25) is 4.99 Å². The predicted octanol–water partition coefficient (Wildman–Crippen LogP) is 2.29. The Bertz CT molecular complexity index is 371. The number of ether oxygens (including phenoxy) is 2. The lowest BCUT2D eigenvalue weighted by molar-refractivity contribution is -0.185. The van der Waals surface area contributed by atoms with Gasteiger partial charge in [-0.15, -0.1) is 0 Å². The number of hydrogen-bond acceptors (Lipinski definition) is 4. The molecule has 1 saturated heterocycles. The van der Waals surface area contributed by atoms with Crippen LogP contribution in [0.5, 0.6) is 0 Å². The molecule has 0 spiro atoms. The molecule has 4 nitrogen and oxygen atoms in total. The molecule has 3 rings (SSSR count). The van der Waals surface area contributed by atoms with Gasteiger partial charge in [0.2, 0.25) is 0 Å². The van der Waals surface area contributed by atoms with Crippen molar-refractivity contribution in [3.8, 4) is 0 Å². The van der Waals surface area contributed by atoms with Crippen LogP contribution in [0.25, 0.3) is 0 Å². The third-order valence-electron chi connectivity index (χ3n) is 3.52. The summed E-state index contributed by atoms with van der Waals surface area (Å²) >= 11 is 6.05. The van der Waals surface area contributed by atoms with Crippen LogP contribution in [0.4, 0.5) is 0 Å². The van der Waals surface area contributed by atoms with E-state index in [1.165, 1.54) is 0 Å². The van der Waals surface area contributed by atoms with Gasteiger partial charge < -0.3 is 9.47 Å². The number of rotatable bonds is 4. The molecular weight excluding hydrogens is 242 g/mol. The maximum atomic E-state index is 11.9. The van der Waals surface area contributed by atoms with Crippen LogP contribution in [0.3, 0.4) is 0 Å². The number of carbonyl (C=O) groups excluding carboxylic acids is 1. The first-order valence-corrected chi connectivity index (χ1v) is 6.41. The SMILES string of the molecule is CCCCO[C@H]1C[C@]2(C)OC(=O)[C@@]1(C)N=C2Cl. The zero-order valence-corrected chi connectivity index (χ0v) is 11.2. The average molecular weight is 260 g/mol. The van der Waals surface area contributed by atoms with E-state index in [1.807, 2.05) is 0 Å². The Hall–Kier alpha value is -0.610. The number of unbranched alkanes of at least 4 members (excludes halogenated alkanes) is 1. The Morgan fingerprint density at radius 3 is 2.94 bits per heavy atom. The maximum absolute atomic E-state index is 11.9. The topological polar surface area (TPSA) is 47.9 Å². The molecule has 3 atom stereocenters. The summed E-state index contributed by atoms with van der Waals surface area (Å²) < 4.78 is 11.1. The molecule has 0 aliphatic carbocycles. The molecule has 1 fully saturated rings. The van der Waals surface area contributed by atoms with Gasteiger partial charge in [-0.1, -0.05) is 24.9 Å². The highest BCUT2D eigenvalue weighted by molar-refractivity contribution is 6.67. The van der Waals surface area contributed by atoms with E-state index in [1.54, 1.807) is 13.8 Å². The Morgan fingerprint density at radius 2 is 2.29 bits per heavy atom. The van der Waals surface area contributed by atoms with Crippen molar-refractivity contribution in [3.63, 3.8) is 0 Å². The number of nitrogens with zero attached hydrogens (tertiary/aromatic N) is 1. The van der Waals surface area contributed by atoms with Gasteiger partial charge >= 0.3 is 5.97 Å². The second kappa shape index (κ2) is 4.25. The summed E-state index contributed by atoms with van der Waals surface area (Å²) in [7, 11) is 0. The van der Waals surface area contributed by atoms with Crippen molar-refractivity contribution in [1.29, 1.82) is 0 Å². The zero-order chi connectivity index (χ0) is 12.7. The van der Waals surface area contributed by atoms with Gasteiger partial charge in [0.1, 0.15) is 5.17 Å². The van der Waals surface area contributed by atoms with E-state index in [0.29, 0.717) is 18.2 Å². The van der Waals surface area contributed by atoms with Crippen molar-refractivity contribution < 1.29 is 14.3 Å². The van der Waals surface area contributed by atoms with Crippen LogP contribution < -0.4 is 0 Å². The van der Waals surface area contributed by atoms with Crippen LogP contribution in [-0.2, 0) is 14.3 Å². The molecule has 3 aliphatic rings. The van der Waals surface area contributed by atoms with Crippen molar-refractivity contribution in [2.75, 3.05) is 6.61 Å². The smallest absolute Gasteiger partial charge is 0.337 e. The van der Waals surface area contributed by atoms with Crippen molar-refractivity contribution in [1.82, 2.24) is 0 Å². The molecule has 0 amide bonds. The summed E-state index contributed by atoms with van der Waals surface area (Å²) in [5, 5.41) is 0.370. The van der Waals surface area contributed by atoms with E-state index < -0.39 is 11.1 Å². The van der Waals surface area contributed by atoms with Crippen LogP contribution in [-0.4, -0.2) is 35.0 Å². The molecule has 17 heavy (non-hydrogen) atoms. The van der Waals surface area contributed by atoms with Crippen LogP contribution in [0, 0.1) is 0 Å². The van der Waals surface area contributed by atoms with Gasteiger partial charge in [0.15, 0.2) is 11.1 Å². The highest BCUT2D eigenvalue weighted by atomic mass is 35.5. The fraction of sp³-hybridized carbons (Fsp3) is 0.833. The minimum Gasteiger partial charge on any atom is -0.450 e. The molecule has 96 valence electrons. The van der Waals surface area contributed by atoms with Crippen LogP contribution in [0.2, 0.25) is 0 Å². The zero-order valence-electron chi connectivity index (χ0n) is 10.5. The monoisotopic (exact) mass is 259 g/mol. The number of halogens is 1. The van der Waals surface area contributed by atoms with E-state index in [9.17, 15) is 4.79 Å². The van der Waals surface area contributed by atoms with Gasteiger partial charge in [-0.05, 0) is 20.3 Å². The molecular formula is C12H18ClNO3. The Balaban J connectivity index is 2.19. The molecule has 0 aromatic carbocycles. The Kier molecular flexibility index (Phi) is 3.21. The van der Waals surface area contributed by atoms with Gasteiger partial charge in [-0.2, -0.15) is 0 Å². The minimum atomic E-state index is -0.970. The van der Waals surface area contributed by atoms with Crippen LogP contribution in [0.15, 0.2) is 4.99 Å². The molecule has 2 bridgehead atoms. The molecule has 0 radical (unpaired) electrons. The molecule has 5 heteroatoms. The second-order valence-electron chi connectivity index (χ2n) is 5.09. The lowest BCUT2D eigenvalue weighted by atomic mass is 9.80. The Labute approximate surface area is 106 Å². The van der Waals surface area contributed by atoms with E-state index in [-0.39, 0.29) is 12.1 Å². The molecule has 0 N–H and O–H groups in total. The summed E-state index contributed by atoms with van der Waals surface area (Å²) in [6.45, 7) is 6.26. The first-order valence-electron chi connectivity index (χ1n) is 6.03. The maximum Gasteiger partial charge on any atom is 0.337 e. The molecule has 0 aromatic rings. The number of hydrogen-bond donors (Lipinski definition) is 0. The molecule has 0 saturated carbocycles. The number of carbonyl (C=O) groups is 1. The summed E-state index contributed by atoms with van der Waals surface area (Å²) in [5.41, 5.74) is -1.77. The fourth-order valence-electron chi connectivity index (χ4n) is 2.19. The quantitative estimate of drug-likeness (QED) is 0.575. The standard InChI is InChI=1S/C12H18ClNO3/c1-4-5-6-16-8-7-11(2)9(13)14-12(8,3)10(15)17-11/h8H,4-7H2,1-3H3/t8-,11-,12-/m0/s1. The Morgan fingerprint density at radius 1 is 1.59 bits per heavy atom. The number of fused-ring (bicyclic) bond motifs is 2. The summed E-state index contributed by atoms with van der Waals surface area (Å²) in [4.78, 5) is 16.2. The van der Waals surface area contributed by atoms with E-state index in [4.69, 9.17) is 21.1 Å². The highest BCUT2D eigenvalue weighted by Crippen LogP contribution is 2.43. The van der Waals surface area contributed by atoms with Crippen molar-refractivity contribution in [2.45, 2.75) is 57.3 Å². The molecule has 3 heterocycles. The third kappa shape index (κ3) is 1.97. The van der Waals surface area contributed by atoms with E-state index >= 15 is 0 Å². The van der Waals surface area contributed by atoms with Crippen molar-refractivity contribution in [3.05, 3.63) is 0 Å². The fourth-order valence-corrected chi connectivity index (χ4v) is 2.48.